The normalized spacial score (nSPS) is 14.8. The first-order chi connectivity index (χ1) is 13.5. The molecule has 0 saturated heterocycles. The van der Waals surface area contributed by atoms with E-state index in [2.05, 4.69) is 0 Å². The highest BCUT2D eigenvalue weighted by Gasteiger charge is 2.92. The fourth-order valence-electron chi connectivity index (χ4n) is 1.65. The van der Waals surface area contributed by atoms with E-state index in [0.29, 0.717) is 29.5 Å². The number of sulfone groups is 1. The van der Waals surface area contributed by atoms with E-state index < -0.39 is 56.3 Å². The second-order valence-electron chi connectivity index (χ2n) is 5.55. The summed E-state index contributed by atoms with van der Waals surface area (Å²) in [6.45, 7) is 0. The van der Waals surface area contributed by atoms with Crippen molar-refractivity contribution >= 4 is 9.84 Å². The van der Waals surface area contributed by atoms with Crippen LogP contribution in [0.5, 0.6) is 0 Å². The Morgan fingerprint density at radius 3 is 1.39 bits per heavy atom. The van der Waals surface area contributed by atoms with Crippen molar-refractivity contribution in [3.05, 3.63) is 35.6 Å². The maximum absolute atomic E-state index is 13.6. The van der Waals surface area contributed by atoms with E-state index >= 15 is 0 Å². The highest BCUT2D eigenvalue weighted by Crippen LogP contribution is 2.61. The van der Waals surface area contributed by atoms with Crippen LogP contribution in [0.15, 0.2) is 24.3 Å². The van der Waals surface area contributed by atoms with Crippen molar-refractivity contribution in [2.45, 2.75) is 35.1 Å². The maximum Gasteiger partial charge on any atom is 0.460 e. The van der Waals surface area contributed by atoms with Crippen molar-refractivity contribution in [1.82, 2.24) is 0 Å². The van der Waals surface area contributed by atoms with Crippen molar-refractivity contribution in [3.8, 4) is 11.2 Å². The zero-order valence-electron chi connectivity index (χ0n) is 13.8. The van der Waals surface area contributed by atoms with E-state index in [0.717, 1.165) is 5.92 Å². The zero-order chi connectivity index (χ0) is 24.9. The smallest absolute Gasteiger partial charge is 0.209 e. The van der Waals surface area contributed by atoms with E-state index in [4.69, 9.17) is 0 Å². The second kappa shape index (κ2) is 7.41. The Morgan fingerprint density at radius 2 is 1.00 bits per heavy atom. The lowest BCUT2D eigenvalue weighted by Crippen LogP contribution is -2.71. The van der Waals surface area contributed by atoms with Gasteiger partial charge < -0.3 is 0 Å². The van der Waals surface area contributed by atoms with Crippen molar-refractivity contribution in [2.24, 2.45) is 0 Å². The fourth-order valence-corrected chi connectivity index (χ4v) is 2.49. The van der Waals surface area contributed by atoms with Crippen LogP contribution in [0.2, 0.25) is 0 Å². The molecular weight excluding hydrogens is 498 g/mol. The lowest BCUT2D eigenvalue weighted by atomic mass is 9.98. The van der Waals surface area contributed by atoms with Gasteiger partial charge in [-0.2, -0.15) is 57.1 Å². The molecule has 31 heavy (non-hydrogen) atoms. The molecule has 0 saturated carbocycles. The van der Waals surface area contributed by atoms with Gasteiger partial charge in [-0.15, -0.1) is 0 Å². The lowest BCUT2D eigenvalue weighted by molar-refractivity contribution is -0.433. The molecule has 0 radical (unpaired) electrons. The molecule has 176 valence electrons. The fraction of sp³-hybridized carbons (Fsp3) is 0.429. The zero-order valence-corrected chi connectivity index (χ0v) is 14.6. The third-order valence-electron chi connectivity index (χ3n) is 3.42. The van der Waals surface area contributed by atoms with Gasteiger partial charge in [-0.25, -0.2) is 12.8 Å². The van der Waals surface area contributed by atoms with E-state index in [-0.39, 0.29) is 0 Å². The van der Waals surface area contributed by atoms with Crippen molar-refractivity contribution in [2.75, 3.05) is 0 Å². The molecule has 0 atom stereocenters. The van der Waals surface area contributed by atoms with E-state index in [1.807, 2.05) is 0 Å². The molecule has 0 aliphatic heterocycles. The third kappa shape index (κ3) is 4.01. The molecule has 0 heterocycles. The molecule has 0 aliphatic rings. The molecule has 0 N–H and O–H groups in total. The predicted molar refractivity (Wildman–Crippen MR) is 73.0 cm³/mol. The van der Waals surface area contributed by atoms with Gasteiger partial charge in [0.1, 0.15) is 5.82 Å². The number of halogens is 14. The minimum absolute atomic E-state index is 0.315. The van der Waals surface area contributed by atoms with Crippen LogP contribution < -0.4 is 0 Å². The summed E-state index contributed by atoms with van der Waals surface area (Å²) >= 11 is 0. The second-order valence-corrected chi connectivity index (χ2v) is 7.27. The highest BCUT2D eigenvalue weighted by atomic mass is 32.2. The molecule has 0 aliphatic carbocycles. The van der Waals surface area contributed by atoms with Crippen LogP contribution >= 0.6 is 0 Å². The van der Waals surface area contributed by atoms with Gasteiger partial charge in [0.2, 0.25) is 0 Å². The average Bonchev–Trinajstić information content (AvgIpc) is 2.59. The van der Waals surface area contributed by atoms with E-state index in [9.17, 15) is 69.9 Å². The first-order valence-corrected chi connectivity index (χ1v) is 8.44. The van der Waals surface area contributed by atoms with Crippen molar-refractivity contribution in [1.29, 1.82) is 0 Å². The van der Waals surface area contributed by atoms with Crippen LogP contribution in [-0.2, 0) is 9.84 Å². The minimum Gasteiger partial charge on any atom is -0.209 e. The SMILES string of the molecule is O=S(=O)(C#Cc1ccc(F)cc1)C(F)(F)C(F)(F)C(F)(F)C(F)(F)C(F)(F)C(F)(F)F. The van der Waals surface area contributed by atoms with Gasteiger partial charge in [0.25, 0.3) is 9.84 Å². The molecule has 1 aromatic rings. The molecule has 0 fully saturated rings. The molecule has 2 nitrogen and oxygen atoms in total. The van der Waals surface area contributed by atoms with Gasteiger partial charge in [0, 0.05) is 10.8 Å². The third-order valence-corrected chi connectivity index (χ3v) is 4.72. The summed E-state index contributed by atoms with van der Waals surface area (Å²) in [7, 11) is -7.23. The molecule has 1 rings (SSSR count). The van der Waals surface area contributed by atoms with E-state index in [1.54, 1.807) is 0 Å². The number of hydrogen-bond donors (Lipinski definition) is 0. The van der Waals surface area contributed by atoms with Gasteiger partial charge in [-0.1, -0.05) is 0 Å². The quantitative estimate of drug-likeness (QED) is 0.408. The number of benzene rings is 1. The largest absolute Gasteiger partial charge is 0.460 e. The lowest BCUT2D eigenvalue weighted by Gasteiger charge is -2.38. The number of hydrogen-bond acceptors (Lipinski definition) is 2. The summed E-state index contributed by atoms with van der Waals surface area (Å²) in [5.41, 5.74) is -0.704. The molecular formula is C14H4F14O2S. The average molecular weight is 502 g/mol. The Bertz CT molecular complexity index is 981. The highest BCUT2D eigenvalue weighted by molar-refractivity contribution is 7.97. The first-order valence-electron chi connectivity index (χ1n) is 6.96. The molecule has 17 heteroatoms. The maximum atomic E-state index is 13.6. The monoisotopic (exact) mass is 502 g/mol. The molecule has 0 unspecified atom stereocenters. The Balaban J connectivity index is 3.57. The standard InChI is InChI=1S/C14H4F14O2S/c15-8-3-1-7(2-4-8)5-6-31(29,30)14(27,28)12(22,23)10(18,19)9(16,17)11(20,21)13(24,25)26/h1-4H. The predicted octanol–water partition coefficient (Wildman–Crippen LogP) is 5.25. The van der Waals surface area contributed by atoms with Gasteiger partial charge in [-0.3, -0.25) is 0 Å². The number of rotatable bonds is 5. The Morgan fingerprint density at radius 1 is 0.613 bits per heavy atom. The van der Waals surface area contributed by atoms with Crippen LogP contribution in [0.4, 0.5) is 61.5 Å². The number of alkyl halides is 13. The van der Waals surface area contributed by atoms with Gasteiger partial charge in [0.15, 0.2) is 0 Å². The summed E-state index contributed by atoms with van der Waals surface area (Å²) in [5.74, 6) is -32.3. The molecule has 1 aromatic carbocycles. The Kier molecular flexibility index (Phi) is 6.41. The summed E-state index contributed by atoms with van der Waals surface area (Å²) in [6.07, 6.45) is -7.62. The summed E-state index contributed by atoms with van der Waals surface area (Å²) in [5, 5.41) is -7.07. The topological polar surface area (TPSA) is 34.1 Å². The van der Waals surface area contributed by atoms with Crippen LogP contribution in [0.1, 0.15) is 5.56 Å². The van der Waals surface area contributed by atoms with Crippen LogP contribution in [-0.4, -0.2) is 43.5 Å². The minimum atomic E-state index is -8.26. The van der Waals surface area contributed by atoms with Gasteiger partial charge >= 0.3 is 35.1 Å². The molecule has 0 bridgehead atoms. The Labute approximate surface area is 162 Å². The molecule has 0 spiro atoms. The summed E-state index contributed by atoms with van der Waals surface area (Å²) in [6, 6.07) is 2.22. The molecule has 0 amide bonds. The first kappa shape index (κ1) is 26.8. The summed E-state index contributed by atoms with van der Waals surface area (Å²) in [4.78, 5) is 0. The van der Waals surface area contributed by atoms with Crippen molar-refractivity contribution in [3.63, 3.8) is 0 Å². The Hall–Kier alpha value is -2.25. The van der Waals surface area contributed by atoms with Crippen LogP contribution in [0.25, 0.3) is 0 Å². The summed E-state index contributed by atoms with van der Waals surface area (Å²) < 4.78 is 203. The van der Waals surface area contributed by atoms with Gasteiger partial charge in [0.05, 0.1) is 0 Å². The molecule has 0 aromatic heterocycles. The van der Waals surface area contributed by atoms with Gasteiger partial charge in [-0.05, 0) is 30.2 Å². The van der Waals surface area contributed by atoms with E-state index in [1.165, 1.54) is 0 Å². The van der Waals surface area contributed by atoms with Crippen LogP contribution in [0.3, 0.4) is 0 Å². The van der Waals surface area contributed by atoms with Crippen molar-refractivity contribution < 1.29 is 69.9 Å². The van der Waals surface area contributed by atoms with Crippen LogP contribution in [0, 0.1) is 17.0 Å².